The zero-order valence-corrected chi connectivity index (χ0v) is 14.3. The van der Waals surface area contributed by atoms with Crippen LogP contribution in [0.1, 0.15) is 29.0 Å². The fourth-order valence-corrected chi connectivity index (χ4v) is 3.39. The van der Waals surface area contributed by atoms with E-state index in [0.717, 1.165) is 18.0 Å². The predicted molar refractivity (Wildman–Crippen MR) is 91.5 cm³/mol. The highest BCUT2D eigenvalue weighted by molar-refractivity contribution is 7.10. The zero-order chi connectivity index (χ0) is 15.4. The van der Waals surface area contributed by atoms with E-state index in [0.29, 0.717) is 0 Å². The maximum Gasteiger partial charge on any atom is 0.141 e. The molecule has 0 saturated carbocycles. The van der Waals surface area contributed by atoms with Gasteiger partial charge >= 0.3 is 0 Å². The molecular formula is C17H24N2OS. The highest BCUT2D eigenvalue weighted by atomic mass is 32.1. The van der Waals surface area contributed by atoms with Crippen molar-refractivity contribution in [1.82, 2.24) is 4.90 Å². The standard InChI is InChI=1S/C17H24N2OS/c1-12-8-9-21-17(12)13(2)18-15-10-14(11-19(3)4)6-7-16(15)20-5/h6-10,13,18H,11H2,1-5H3. The summed E-state index contributed by atoms with van der Waals surface area (Å²) in [5, 5.41) is 5.73. The molecule has 0 saturated heterocycles. The molecule has 0 spiro atoms. The second-order valence-electron chi connectivity index (χ2n) is 5.61. The minimum absolute atomic E-state index is 0.272. The van der Waals surface area contributed by atoms with Crippen molar-refractivity contribution in [1.29, 1.82) is 0 Å². The molecule has 1 unspecified atom stereocenters. The molecule has 1 aromatic heterocycles. The molecule has 0 amide bonds. The lowest BCUT2D eigenvalue weighted by atomic mass is 10.1. The Morgan fingerprint density at radius 2 is 2.05 bits per heavy atom. The van der Waals surface area contributed by atoms with Gasteiger partial charge in [0.25, 0.3) is 0 Å². The average molecular weight is 304 g/mol. The van der Waals surface area contributed by atoms with Gasteiger partial charge < -0.3 is 15.0 Å². The van der Waals surface area contributed by atoms with E-state index in [1.54, 1.807) is 18.4 Å². The van der Waals surface area contributed by atoms with E-state index in [-0.39, 0.29) is 6.04 Å². The zero-order valence-electron chi connectivity index (χ0n) is 13.4. The van der Waals surface area contributed by atoms with Gasteiger partial charge in [0.2, 0.25) is 0 Å². The number of benzene rings is 1. The third-order valence-corrected chi connectivity index (χ3v) is 4.63. The summed E-state index contributed by atoms with van der Waals surface area (Å²) in [5.41, 5.74) is 3.67. The van der Waals surface area contributed by atoms with Gasteiger partial charge in [-0.25, -0.2) is 0 Å². The number of nitrogens with one attached hydrogen (secondary N) is 1. The maximum atomic E-state index is 5.48. The van der Waals surface area contributed by atoms with Crippen molar-refractivity contribution < 1.29 is 4.74 Å². The van der Waals surface area contributed by atoms with Gasteiger partial charge in [-0.15, -0.1) is 11.3 Å². The van der Waals surface area contributed by atoms with Crippen LogP contribution < -0.4 is 10.1 Å². The largest absolute Gasteiger partial charge is 0.495 e. The number of methoxy groups -OCH3 is 1. The maximum absolute atomic E-state index is 5.48. The average Bonchev–Trinajstić information content (AvgIpc) is 2.84. The Labute approximate surface area is 131 Å². The number of anilines is 1. The van der Waals surface area contributed by atoms with Crippen molar-refractivity contribution in [2.75, 3.05) is 26.5 Å². The van der Waals surface area contributed by atoms with Crippen molar-refractivity contribution in [3.05, 3.63) is 45.6 Å². The molecule has 21 heavy (non-hydrogen) atoms. The Kier molecular flexibility index (Phi) is 5.26. The molecule has 1 heterocycles. The first kappa shape index (κ1) is 15.9. The molecule has 1 atom stereocenters. The van der Waals surface area contributed by atoms with E-state index in [1.807, 2.05) is 6.07 Å². The minimum Gasteiger partial charge on any atom is -0.495 e. The van der Waals surface area contributed by atoms with Crippen molar-refractivity contribution in [2.24, 2.45) is 0 Å². The predicted octanol–water partition coefficient (Wildman–Crippen LogP) is 4.30. The summed E-state index contributed by atoms with van der Waals surface area (Å²) in [4.78, 5) is 3.54. The third-order valence-electron chi connectivity index (χ3n) is 3.43. The molecule has 1 N–H and O–H groups in total. The number of hydrogen-bond acceptors (Lipinski definition) is 4. The summed E-state index contributed by atoms with van der Waals surface area (Å²) < 4.78 is 5.48. The fraction of sp³-hybridized carbons (Fsp3) is 0.412. The van der Waals surface area contributed by atoms with Crippen LogP contribution in [0.3, 0.4) is 0 Å². The van der Waals surface area contributed by atoms with Crippen molar-refractivity contribution in [3.63, 3.8) is 0 Å². The van der Waals surface area contributed by atoms with Crippen LogP contribution in [-0.2, 0) is 6.54 Å². The van der Waals surface area contributed by atoms with Gasteiger partial charge in [0.05, 0.1) is 18.8 Å². The molecule has 2 aromatic rings. The van der Waals surface area contributed by atoms with Gasteiger partial charge in [-0.2, -0.15) is 0 Å². The third kappa shape index (κ3) is 3.99. The molecule has 2 rings (SSSR count). The normalized spacial score (nSPS) is 12.5. The van der Waals surface area contributed by atoms with Crippen LogP contribution in [0.25, 0.3) is 0 Å². The molecule has 0 bridgehead atoms. The first-order valence-corrected chi connectivity index (χ1v) is 8.01. The Morgan fingerprint density at radius 1 is 1.29 bits per heavy atom. The molecule has 4 heteroatoms. The van der Waals surface area contributed by atoms with Crippen LogP contribution in [0, 0.1) is 6.92 Å². The Hall–Kier alpha value is -1.52. The van der Waals surface area contributed by atoms with E-state index in [9.17, 15) is 0 Å². The van der Waals surface area contributed by atoms with Gasteiger partial charge in [-0.3, -0.25) is 0 Å². The first-order valence-electron chi connectivity index (χ1n) is 7.13. The fourth-order valence-electron chi connectivity index (χ4n) is 2.46. The van der Waals surface area contributed by atoms with Gasteiger partial charge in [0, 0.05) is 11.4 Å². The number of hydrogen-bond donors (Lipinski definition) is 1. The number of rotatable bonds is 6. The van der Waals surface area contributed by atoms with Gasteiger partial charge in [0.1, 0.15) is 5.75 Å². The minimum atomic E-state index is 0.272. The van der Waals surface area contributed by atoms with Gasteiger partial charge in [-0.1, -0.05) is 6.07 Å². The molecule has 0 aliphatic heterocycles. The van der Waals surface area contributed by atoms with Crippen LogP contribution >= 0.6 is 11.3 Å². The van der Waals surface area contributed by atoms with E-state index >= 15 is 0 Å². The lowest BCUT2D eigenvalue weighted by molar-refractivity contribution is 0.400. The van der Waals surface area contributed by atoms with Crippen LogP contribution in [0.15, 0.2) is 29.6 Å². The summed E-state index contributed by atoms with van der Waals surface area (Å²) >= 11 is 1.79. The lowest BCUT2D eigenvalue weighted by Crippen LogP contribution is -2.12. The molecule has 1 aromatic carbocycles. The van der Waals surface area contributed by atoms with E-state index in [4.69, 9.17) is 4.74 Å². The topological polar surface area (TPSA) is 24.5 Å². The second kappa shape index (κ2) is 6.96. The van der Waals surface area contributed by atoms with Gasteiger partial charge in [0.15, 0.2) is 0 Å². The molecule has 114 valence electrons. The summed E-state index contributed by atoms with van der Waals surface area (Å²) in [6, 6.07) is 8.77. The summed E-state index contributed by atoms with van der Waals surface area (Å²) in [7, 11) is 5.87. The summed E-state index contributed by atoms with van der Waals surface area (Å²) in [5.74, 6) is 0.888. The first-order chi connectivity index (χ1) is 10.0. The smallest absolute Gasteiger partial charge is 0.141 e. The monoisotopic (exact) mass is 304 g/mol. The number of thiophene rings is 1. The Balaban J connectivity index is 2.22. The highest BCUT2D eigenvalue weighted by Gasteiger charge is 2.13. The second-order valence-corrected chi connectivity index (χ2v) is 6.55. The van der Waals surface area contributed by atoms with E-state index in [1.165, 1.54) is 16.0 Å². The Morgan fingerprint density at radius 3 is 2.62 bits per heavy atom. The Bertz CT molecular complexity index is 592. The molecular weight excluding hydrogens is 280 g/mol. The van der Waals surface area contributed by atoms with Crippen molar-refractivity contribution in [2.45, 2.75) is 26.4 Å². The van der Waals surface area contributed by atoms with E-state index < -0.39 is 0 Å². The number of aryl methyl sites for hydroxylation is 1. The van der Waals surface area contributed by atoms with Crippen LogP contribution in [0.4, 0.5) is 5.69 Å². The highest BCUT2D eigenvalue weighted by Crippen LogP contribution is 2.32. The molecule has 0 aliphatic rings. The quantitative estimate of drug-likeness (QED) is 0.861. The van der Waals surface area contributed by atoms with Gasteiger partial charge in [-0.05, 0) is 62.6 Å². The van der Waals surface area contributed by atoms with Crippen LogP contribution in [0.5, 0.6) is 5.75 Å². The summed E-state index contributed by atoms with van der Waals surface area (Å²) in [6.07, 6.45) is 0. The molecule has 0 fully saturated rings. The number of nitrogens with zero attached hydrogens (tertiary/aromatic N) is 1. The molecule has 0 aliphatic carbocycles. The van der Waals surface area contributed by atoms with Crippen molar-refractivity contribution >= 4 is 17.0 Å². The van der Waals surface area contributed by atoms with Crippen LogP contribution in [-0.4, -0.2) is 26.1 Å². The molecule has 3 nitrogen and oxygen atoms in total. The lowest BCUT2D eigenvalue weighted by Gasteiger charge is -2.19. The van der Waals surface area contributed by atoms with Crippen LogP contribution in [0.2, 0.25) is 0 Å². The SMILES string of the molecule is COc1ccc(CN(C)C)cc1NC(C)c1sccc1C. The number of ether oxygens (including phenoxy) is 1. The van der Waals surface area contributed by atoms with E-state index in [2.05, 4.69) is 61.7 Å². The van der Waals surface area contributed by atoms with Crippen molar-refractivity contribution in [3.8, 4) is 5.75 Å². The molecule has 0 radical (unpaired) electrons. The summed E-state index contributed by atoms with van der Waals surface area (Å²) in [6.45, 7) is 5.27.